The van der Waals surface area contributed by atoms with Crippen LogP contribution in [0.4, 0.5) is 0 Å². The van der Waals surface area contributed by atoms with Crippen LogP contribution in [-0.4, -0.2) is 17.7 Å². The lowest BCUT2D eigenvalue weighted by molar-refractivity contribution is -0.150. The van der Waals surface area contributed by atoms with E-state index in [1.54, 1.807) is 0 Å². The molecule has 0 saturated heterocycles. The van der Waals surface area contributed by atoms with Gasteiger partial charge in [-0.3, -0.25) is 25.2 Å². The number of carbonyl (C=O) groups excluding carboxylic acids is 3. The van der Waals surface area contributed by atoms with E-state index in [2.05, 4.69) is 16.2 Å². The standard InChI is InChI=1S/C20H25N3O3/c24-17(21-12-13-4-2-1-3-5-13)18(25)22-23-19(26)20-9-14-6-15(10-20)8-16(7-14)11-20/h1-5,14-16H,6-12H2,(H,21,24)(H,22,25)(H,23,26). The third-order valence-corrected chi connectivity index (χ3v) is 6.31. The molecule has 0 aliphatic heterocycles. The van der Waals surface area contributed by atoms with Crippen LogP contribution in [0.3, 0.4) is 0 Å². The third-order valence-electron chi connectivity index (χ3n) is 6.31. The SMILES string of the molecule is O=C(NCc1ccccc1)C(=O)NNC(=O)C12CC3CC(CC(C3)C1)C2. The summed E-state index contributed by atoms with van der Waals surface area (Å²) in [7, 11) is 0. The molecule has 3 N–H and O–H groups in total. The van der Waals surface area contributed by atoms with Crippen LogP contribution >= 0.6 is 0 Å². The molecule has 138 valence electrons. The van der Waals surface area contributed by atoms with Crippen molar-refractivity contribution in [3.05, 3.63) is 35.9 Å². The van der Waals surface area contributed by atoms with Gasteiger partial charge in [0.2, 0.25) is 5.91 Å². The molecular formula is C20H25N3O3. The summed E-state index contributed by atoms with van der Waals surface area (Å²) in [6, 6.07) is 9.36. The molecule has 4 aliphatic carbocycles. The first-order chi connectivity index (χ1) is 12.5. The molecule has 4 aliphatic rings. The van der Waals surface area contributed by atoms with Crippen LogP contribution in [0.1, 0.15) is 44.1 Å². The normalized spacial score (nSPS) is 31.3. The smallest absolute Gasteiger partial charge is 0.327 e. The maximum atomic E-state index is 12.7. The van der Waals surface area contributed by atoms with Crippen molar-refractivity contribution < 1.29 is 14.4 Å². The highest BCUT2D eigenvalue weighted by atomic mass is 16.2. The average molecular weight is 355 g/mol. The summed E-state index contributed by atoms with van der Waals surface area (Å²) < 4.78 is 0. The second kappa shape index (κ2) is 6.74. The molecule has 4 fully saturated rings. The Hall–Kier alpha value is -2.37. The fourth-order valence-electron chi connectivity index (χ4n) is 5.55. The molecule has 26 heavy (non-hydrogen) atoms. The lowest BCUT2D eigenvalue weighted by Gasteiger charge is -2.55. The molecule has 4 bridgehead atoms. The van der Waals surface area contributed by atoms with Crippen LogP contribution in [0.2, 0.25) is 0 Å². The lowest BCUT2D eigenvalue weighted by Crippen LogP contribution is -2.58. The molecule has 5 rings (SSSR count). The van der Waals surface area contributed by atoms with Gasteiger partial charge in [0.25, 0.3) is 0 Å². The van der Waals surface area contributed by atoms with Crippen LogP contribution in [0, 0.1) is 23.2 Å². The Balaban J connectivity index is 1.27. The minimum atomic E-state index is -0.834. The van der Waals surface area contributed by atoms with Crippen molar-refractivity contribution in [1.29, 1.82) is 0 Å². The summed E-state index contributed by atoms with van der Waals surface area (Å²) in [5, 5.41) is 2.56. The minimum Gasteiger partial charge on any atom is -0.344 e. The zero-order chi connectivity index (χ0) is 18.1. The van der Waals surface area contributed by atoms with Crippen molar-refractivity contribution in [2.75, 3.05) is 0 Å². The topological polar surface area (TPSA) is 87.3 Å². The molecule has 0 heterocycles. The van der Waals surface area contributed by atoms with E-state index in [0.29, 0.717) is 17.8 Å². The van der Waals surface area contributed by atoms with Crippen LogP contribution in [0.15, 0.2) is 30.3 Å². The van der Waals surface area contributed by atoms with Gasteiger partial charge >= 0.3 is 11.8 Å². The van der Waals surface area contributed by atoms with Gasteiger partial charge in [0.1, 0.15) is 0 Å². The number of hydrogen-bond acceptors (Lipinski definition) is 3. The van der Waals surface area contributed by atoms with Crippen molar-refractivity contribution in [2.45, 2.75) is 45.1 Å². The Labute approximate surface area is 153 Å². The molecule has 6 heteroatoms. The van der Waals surface area contributed by atoms with Gasteiger partial charge in [-0.25, -0.2) is 0 Å². The maximum absolute atomic E-state index is 12.7. The first-order valence-electron chi connectivity index (χ1n) is 9.47. The second-order valence-corrected chi connectivity index (χ2v) is 8.27. The van der Waals surface area contributed by atoms with E-state index >= 15 is 0 Å². The number of hydrogen-bond donors (Lipinski definition) is 3. The van der Waals surface area contributed by atoms with Gasteiger partial charge in [-0.1, -0.05) is 30.3 Å². The summed E-state index contributed by atoms with van der Waals surface area (Å²) in [5.41, 5.74) is 5.38. The van der Waals surface area contributed by atoms with Gasteiger partial charge in [0, 0.05) is 6.54 Å². The van der Waals surface area contributed by atoms with Crippen molar-refractivity contribution >= 4 is 17.7 Å². The van der Waals surface area contributed by atoms with E-state index in [0.717, 1.165) is 24.8 Å². The predicted octanol–water partition coefficient (Wildman–Crippen LogP) is 1.67. The highest BCUT2D eigenvalue weighted by Gasteiger charge is 2.54. The largest absolute Gasteiger partial charge is 0.344 e. The number of carbonyl (C=O) groups is 3. The van der Waals surface area contributed by atoms with Crippen molar-refractivity contribution in [2.24, 2.45) is 23.2 Å². The van der Waals surface area contributed by atoms with Crippen LogP contribution in [0.25, 0.3) is 0 Å². The molecule has 0 atom stereocenters. The van der Waals surface area contributed by atoms with Gasteiger partial charge in [0.05, 0.1) is 5.41 Å². The molecule has 4 saturated carbocycles. The molecule has 0 unspecified atom stereocenters. The fraction of sp³-hybridized carbons (Fsp3) is 0.550. The van der Waals surface area contributed by atoms with E-state index in [4.69, 9.17) is 0 Å². The molecule has 0 spiro atoms. The average Bonchev–Trinajstić information content (AvgIpc) is 2.63. The summed E-state index contributed by atoms with van der Waals surface area (Å²) in [5.74, 6) is 0.241. The first-order valence-corrected chi connectivity index (χ1v) is 9.47. The zero-order valence-corrected chi connectivity index (χ0v) is 14.8. The molecule has 3 amide bonds. The van der Waals surface area contributed by atoms with E-state index in [1.165, 1.54) is 19.3 Å². The third kappa shape index (κ3) is 3.32. The molecule has 1 aromatic rings. The van der Waals surface area contributed by atoms with E-state index in [1.807, 2.05) is 30.3 Å². The van der Waals surface area contributed by atoms with Crippen molar-refractivity contribution in [3.63, 3.8) is 0 Å². The van der Waals surface area contributed by atoms with Crippen molar-refractivity contribution in [1.82, 2.24) is 16.2 Å². The Bertz CT molecular complexity index is 681. The Morgan fingerprint density at radius 2 is 1.42 bits per heavy atom. The summed E-state index contributed by atoms with van der Waals surface area (Å²) >= 11 is 0. The second-order valence-electron chi connectivity index (χ2n) is 8.27. The zero-order valence-electron chi connectivity index (χ0n) is 14.8. The van der Waals surface area contributed by atoms with E-state index in [9.17, 15) is 14.4 Å². The molecular weight excluding hydrogens is 330 g/mol. The lowest BCUT2D eigenvalue weighted by atomic mass is 9.49. The highest BCUT2D eigenvalue weighted by Crippen LogP contribution is 2.59. The Morgan fingerprint density at radius 1 is 0.846 bits per heavy atom. The van der Waals surface area contributed by atoms with E-state index < -0.39 is 11.8 Å². The van der Waals surface area contributed by atoms with Crippen LogP contribution in [0.5, 0.6) is 0 Å². The van der Waals surface area contributed by atoms with Crippen molar-refractivity contribution in [3.8, 4) is 0 Å². The quantitative estimate of drug-likeness (QED) is 0.569. The van der Waals surface area contributed by atoms with Gasteiger partial charge in [-0.05, 0) is 61.8 Å². The number of amides is 3. The van der Waals surface area contributed by atoms with Gasteiger partial charge in [-0.15, -0.1) is 0 Å². The summed E-state index contributed by atoms with van der Waals surface area (Å²) in [6.07, 6.45) is 6.51. The monoisotopic (exact) mass is 355 g/mol. The first kappa shape index (κ1) is 17.1. The fourth-order valence-corrected chi connectivity index (χ4v) is 5.55. The van der Waals surface area contributed by atoms with Crippen LogP contribution < -0.4 is 16.2 Å². The predicted molar refractivity (Wildman–Crippen MR) is 95.2 cm³/mol. The Morgan fingerprint density at radius 3 is 2.00 bits per heavy atom. The summed E-state index contributed by atoms with van der Waals surface area (Å²) in [6.45, 7) is 0.274. The number of nitrogens with one attached hydrogen (secondary N) is 3. The molecule has 0 aromatic heterocycles. The number of hydrazine groups is 1. The Kier molecular flexibility index (Phi) is 4.42. The molecule has 1 aromatic carbocycles. The van der Waals surface area contributed by atoms with Crippen LogP contribution in [-0.2, 0) is 20.9 Å². The maximum Gasteiger partial charge on any atom is 0.327 e. The van der Waals surface area contributed by atoms with Gasteiger partial charge in [0.15, 0.2) is 0 Å². The van der Waals surface area contributed by atoms with Gasteiger partial charge in [-0.2, -0.15) is 0 Å². The number of rotatable bonds is 3. The number of benzene rings is 1. The minimum absolute atomic E-state index is 0.124. The molecule has 0 radical (unpaired) electrons. The highest BCUT2D eigenvalue weighted by molar-refractivity contribution is 6.35. The van der Waals surface area contributed by atoms with Gasteiger partial charge < -0.3 is 5.32 Å². The molecule has 6 nitrogen and oxygen atoms in total. The van der Waals surface area contributed by atoms with E-state index in [-0.39, 0.29) is 17.9 Å². The summed E-state index contributed by atoms with van der Waals surface area (Å²) in [4.78, 5) is 36.6.